The summed E-state index contributed by atoms with van der Waals surface area (Å²) in [6.45, 7) is 8.73. The molecule has 0 aliphatic carbocycles. The molecule has 0 fully saturated rings. The van der Waals surface area contributed by atoms with Crippen LogP contribution in [-0.2, 0) is 0 Å². The Bertz CT molecular complexity index is 5150. The van der Waals surface area contributed by atoms with E-state index in [0.717, 1.165) is 95.7 Å². The van der Waals surface area contributed by atoms with Gasteiger partial charge in [0.25, 0.3) is 0 Å². The molecule has 0 saturated carbocycles. The number of benzene rings is 15. The molecule has 1 aromatic heterocycles. The van der Waals surface area contributed by atoms with E-state index in [0.29, 0.717) is 0 Å². The molecule has 0 atom stereocenters. The molecule has 15 aromatic carbocycles. The molecule has 0 bridgehead atoms. The SMILES string of the molecule is Cc1cccc(N(c2cc(N(c3cccc(C)c3)c3ccc4ccccc4c3)cc(-n3c4ccc(N(c5cccc(C)c5)c5ccc6ccccc6c5)cc4c4cc(N(c5cccc(C)c5)c5ccc6ccccc6c5)ccc43)c2)c2ccc3ccccc3c2)c1. The van der Waals surface area contributed by atoms with Crippen LogP contribution in [0.1, 0.15) is 22.3 Å². The molecule has 434 valence electrons. The van der Waals surface area contributed by atoms with Crippen molar-refractivity contribution >= 4 is 133 Å². The molecule has 5 heteroatoms. The van der Waals surface area contributed by atoms with E-state index in [1.54, 1.807) is 0 Å². The molecule has 0 amide bonds. The fraction of sp³-hybridized carbons (Fsp3) is 0.0465. The Kier molecular flexibility index (Phi) is 13.7. The van der Waals surface area contributed by atoms with Gasteiger partial charge in [-0.3, -0.25) is 0 Å². The molecule has 0 unspecified atom stereocenters. The summed E-state index contributed by atoms with van der Waals surface area (Å²) in [5, 5.41) is 11.8. The van der Waals surface area contributed by atoms with Crippen molar-refractivity contribution in [2.45, 2.75) is 27.7 Å². The van der Waals surface area contributed by atoms with Crippen LogP contribution in [0.2, 0.25) is 0 Å². The van der Waals surface area contributed by atoms with Crippen molar-refractivity contribution in [2.24, 2.45) is 0 Å². The van der Waals surface area contributed by atoms with Crippen LogP contribution in [0, 0.1) is 27.7 Å². The van der Waals surface area contributed by atoms with Crippen LogP contribution in [0.4, 0.5) is 68.2 Å². The van der Waals surface area contributed by atoms with Crippen molar-refractivity contribution in [1.29, 1.82) is 0 Å². The maximum absolute atomic E-state index is 2.51. The number of nitrogens with zero attached hydrogens (tertiary/aromatic N) is 5. The third kappa shape index (κ3) is 10.3. The maximum atomic E-state index is 2.51. The number of anilines is 12. The number of rotatable bonds is 13. The first-order valence-electron chi connectivity index (χ1n) is 31.4. The lowest BCUT2D eigenvalue weighted by Crippen LogP contribution is -2.14. The summed E-state index contributed by atoms with van der Waals surface area (Å²) < 4.78 is 2.51. The first-order valence-corrected chi connectivity index (χ1v) is 31.4. The van der Waals surface area contributed by atoms with Gasteiger partial charge in [-0.25, -0.2) is 0 Å². The normalized spacial score (nSPS) is 11.5. The van der Waals surface area contributed by atoms with Crippen molar-refractivity contribution < 1.29 is 0 Å². The predicted molar refractivity (Wildman–Crippen MR) is 388 cm³/mol. The summed E-state index contributed by atoms with van der Waals surface area (Å²) in [4.78, 5) is 9.73. The molecular weight excluding hydrogens is 1100 g/mol. The first-order chi connectivity index (χ1) is 44.7. The van der Waals surface area contributed by atoms with E-state index < -0.39 is 0 Å². The van der Waals surface area contributed by atoms with Gasteiger partial charge in [-0.05, 0) is 245 Å². The van der Waals surface area contributed by atoms with Gasteiger partial charge in [0.1, 0.15) is 0 Å². The summed E-state index contributed by atoms with van der Waals surface area (Å²) in [7, 11) is 0. The number of hydrogen-bond acceptors (Lipinski definition) is 4. The van der Waals surface area contributed by atoms with Crippen LogP contribution in [0.3, 0.4) is 0 Å². The van der Waals surface area contributed by atoms with E-state index in [1.807, 2.05) is 0 Å². The number of hydrogen-bond donors (Lipinski definition) is 0. The summed E-state index contributed by atoms with van der Waals surface area (Å²) >= 11 is 0. The lowest BCUT2D eigenvalue weighted by atomic mass is 10.1. The molecule has 0 aliphatic rings. The van der Waals surface area contributed by atoms with Gasteiger partial charge in [-0.1, -0.05) is 170 Å². The smallest absolute Gasteiger partial charge is 0.0542 e. The maximum Gasteiger partial charge on any atom is 0.0542 e. The van der Waals surface area contributed by atoms with E-state index in [2.05, 4.69) is 373 Å². The van der Waals surface area contributed by atoms with E-state index in [4.69, 9.17) is 0 Å². The molecule has 5 nitrogen and oxygen atoms in total. The average molecular weight is 1170 g/mol. The van der Waals surface area contributed by atoms with Gasteiger partial charge in [0.15, 0.2) is 0 Å². The zero-order chi connectivity index (χ0) is 61.1. The largest absolute Gasteiger partial charge is 0.310 e. The molecule has 91 heavy (non-hydrogen) atoms. The minimum absolute atomic E-state index is 1.01. The van der Waals surface area contributed by atoms with Gasteiger partial charge in [0, 0.05) is 67.6 Å². The third-order valence-electron chi connectivity index (χ3n) is 17.9. The van der Waals surface area contributed by atoms with E-state index in [-0.39, 0.29) is 0 Å². The van der Waals surface area contributed by atoms with Gasteiger partial charge in [0.05, 0.1) is 28.1 Å². The number of aryl methyl sites for hydroxylation is 4. The fourth-order valence-electron chi connectivity index (χ4n) is 13.6. The molecule has 16 rings (SSSR count). The zero-order valence-corrected chi connectivity index (χ0v) is 51.3. The van der Waals surface area contributed by atoms with E-state index in [1.165, 1.54) is 65.3 Å². The summed E-state index contributed by atoms with van der Waals surface area (Å²) in [6.07, 6.45) is 0. The molecule has 0 radical (unpaired) electrons. The summed E-state index contributed by atoms with van der Waals surface area (Å²) in [5.74, 6) is 0. The van der Waals surface area contributed by atoms with Gasteiger partial charge in [-0.15, -0.1) is 0 Å². The van der Waals surface area contributed by atoms with Crippen LogP contribution >= 0.6 is 0 Å². The molecule has 0 aliphatic heterocycles. The molecule has 0 spiro atoms. The second-order valence-corrected chi connectivity index (χ2v) is 24.3. The Hall–Kier alpha value is -11.7. The van der Waals surface area contributed by atoms with Crippen molar-refractivity contribution in [1.82, 2.24) is 4.57 Å². The first kappa shape index (κ1) is 54.7. The van der Waals surface area contributed by atoms with E-state index >= 15 is 0 Å². The highest BCUT2D eigenvalue weighted by atomic mass is 15.2. The van der Waals surface area contributed by atoms with Crippen LogP contribution in [0.25, 0.3) is 70.6 Å². The minimum atomic E-state index is 1.01. The van der Waals surface area contributed by atoms with Crippen molar-refractivity contribution in [2.75, 3.05) is 19.6 Å². The summed E-state index contributed by atoms with van der Waals surface area (Å²) in [5.41, 5.74) is 20.7. The van der Waals surface area contributed by atoms with Crippen molar-refractivity contribution in [3.05, 3.63) is 344 Å². The lowest BCUT2D eigenvalue weighted by molar-refractivity contribution is 1.16. The van der Waals surface area contributed by atoms with Crippen LogP contribution < -0.4 is 19.6 Å². The Morgan fingerprint density at radius 3 is 0.736 bits per heavy atom. The molecule has 16 aromatic rings. The molecule has 1 heterocycles. The topological polar surface area (TPSA) is 17.9 Å². The second kappa shape index (κ2) is 22.8. The van der Waals surface area contributed by atoms with E-state index in [9.17, 15) is 0 Å². The highest BCUT2D eigenvalue weighted by Gasteiger charge is 2.25. The van der Waals surface area contributed by atoms with Crippen LogP contribution in [0.5, 0.6) is 0 Å². The summed E-state index contributed by atoms with van der Waals surface area (Å²) in [6, 6.07) is 119. The standard InChI is InChI=1S/C86H65N5/c1-58-17-13-29-70(45-58)87(74-37-33-62-21-5-9-25-66(62)49-74)78-41-43-85-83(56-78)84-57-79(88(71-30-14-18-59(2)46-71)75-38-34-63-22-6-10-26-67(63)50-75)42-44-86(84)91(85)82-54-80(89(72-31-15-19-60(3)47-72)76-39-35-64-23-7-11-27-68(64)51-76)53-81(55-82)90(73-32-16-20-61(4)48-73)77-40-36-65-24-8-12-28-69(65)52-77/h5-57H,1-4H3. The van der Waals surface area contributed by atoms with Crippen molar-refractivity contribution in [3.8, 4) is 5.69 Å². The van der Waals surface area contributed by atoms with Crippen LogP contribution in [0.15, 0.2) is 322 Å². The Labute approximate surface area is 531 Å². The predicted octanol–water partition coefficient (Wildman–Crippen LogP) is 24.5. The molecule has 0 saturated heterocycles. The fourth-order valence-corrected chi connectivity index (χ4v) is 13.6. The average Bonchev–Trinajstić information content (AvgIpc) is 2.04. The number of aromatic nitrogens is 1. The van der Waals surface area contributed by atoms with Gasteiger partial charge in [-0.2, -0.15) is 0 Å². The molecule has 0 N–H and O–H groups in total. The highest BCUT2D eigenvalue weighted by molar-refractivity contribution is 6.13. The zero-order valence-electron chi connectivity index (χ0n) is 51.3. The van der Waals surface area contributed by atoms with Crippen LogP contribution in [-0.4, -0.2) is 4.57 Å². The Morgan fingerprint density at radius 1 is 0.187 bits per heavy atom. The second-order valence-electron chi connectivity index (χ2n) is 24.3. The Balaban J connectivity index is 1.00. The lowest BCUT2D eigenvalue weighted by Gasteiger charge is -2.31. The van der Waals surface area contributed by atoms with Gasteiger partial charge in [0.2, 0.25) is 0 Å². The monoisotopic (exact) mass is 1170 g/mol. The van der Waals surface area contributed by atoms with Gasteiger partial charge >= 0.3 is 0 Å². The van der Waals surface area contributed by atoms with Crippen molar-refractivity contribution in [3.63, 3.8) is 0 Å². The Morgan fingerprint density at radius 2 is 0.440 bits per heavy atom. The van der Waals surface area contributed by atoms with Gasteiger partial charge < -0.3 is 24.2 Å². The third-order valence-corrected chi connectivity index (χ3v) is 17.9. The quantitative estimate of drug-likeness (QED) is 0.114. The highest BCUT2D eigenvalue weighted by Crippen LogP contribution is 2.48. The minimum Gasteiger partial charge on any atom is -0.310 e. The number of fused-ring (bicyclic) bond motifs is 7. The molecular formula is C86H65N5.